The summed E-state index contributed by atoms with van der Waals surface area (Å²) in [5, 5.41) is 13.7. The average Bonchev–Trinajstić information content (AvgIpc) is 3.14. The van der Waals surface area contributed by atoms with E-state index in [4.69, 9.17) is 4.74 Å². The average molecular weight is 282 g/mol. The molecule has 3 atom stereocenters. The first-order valence-electron chi connectivity index (χ1n) is 8.36. The van der Waals surface area contributed by atoms with Gasteiger partial charge in [-0.15, -0.1) is 0 Å². The van der Waals surface area contributed by atoms with Crippen molar-refractivity contribution in [3.8, 4) is 0 Å². The molecule has 0 spiro atoms. The van der Waals surface area contributed by atoms with Crippen molar-refractivity contribution in [3.63, 3.8) is 0 Å². The Balaban J connectivity index is 1.57. The number of likely N-dealkylation sites (tertiary alicyclic amines) is 1. The number of rotatable bonds is 6. The smallest absolute Gasteiger partial charge is 0.0613 e. The van der Waals surface area contributed by atoms with Crippen LogP contribution in [0.2, 0.25) is 0 Å². The lowest BCUT2D eigenvalue weighted by molar-refractivity contribution is 0.0634. The van der Waals surface area contributed by atoms with Crippen molar-refractivity contribution in [1.82, 2.24) is 10.2 Å². The summed E-state index contributed by atoms with van der Waals surface area (Å²) in [6, 6.07) is 1.34. The summed E-state index contributed by atoms with van der Waals surface area (Å²) in [5.74, 6) is 0.710. The summed E-state index contributed by atoms with van der Waals surface area (Å²) in [7, 11) is 1.81. The Labute approximate surface area is 122 Å². The van der Waals surface area contributed by atoms with E-state index in [0.717, 1.165) is 19.4 Å². The predicted molar refractivity (Wildman–Crippen MR) is 79.8 cm³/mol. The van der Waals surface area contributed by atoms with Gasteiger partial charge < -0.3 is 15.2 Å². The van der Waals surface area contributed by atoms with Gasteiger partial charge in [0.05, 0.1) is 13.2 Å². The van der Waals surface area contributed by atoms with E-state index in [1.54, 1.807) is 7.11 Å². The van der Waals surface area contributed by atoms with Crippen LogP contribution in [-0.4, -0.2) is 61.0 Å². The van der Waals surface area contributed by atoms with Crippen LogP contribution in [0.25, 0.3) is 0 Å². The first-order chi connectivity index (χ1) is 9.74. The van der Waals surface area contributed by atoms with E-state index < -0.39 is 0 Å². The molecule has 116 valence electrons. The molecule has 20 heavy (non-hydrogen) atoms. The third-order valence-electron chi connectivity index (χ3n) is 5.45. The van der Waals surface area contributed by atoms with E-state index in [-0.39, 0.29) is 5.54 Å². The molecular formula is C16H30N2O2. The largest absolute Gasteiger partial charge is 0.394 e. The molecule has 3 unspecified atom stereocenters. The normalized spacial score (nSPS) is 39.3. The van der Waals surface area contributed by atoms with Gasteiger partial charge in [0, 0.05) is 31.3 Å². The molecule has 2 aliphatic carbocycles. The molecule has 3 fully saturated rings. The van der Waals surface area contributed by atoms with Crippen LogP contribution in [0.4, 0.5) is 0 Å². The molecule has 1 aliphatic heterocycles. The van der Waals surface area contributed by atoms with Gasteiger partial charge in [0.1, 0.15) is 0 Å². The highest BCUT2D eigenvalue weighted by atomic mass is 16.5. The Morgan fingerprint density at radius 1 is 1.30 bits per heavy atom. The minimum absolute atomic E-state index is 0.00340. The molecule has 4 heteroatoms. The lowest BCUT2D eigenvalue weighted by atomic mass is 9.78. The fraction of sp³-hybridized carbons (Fsp3) is 1.00. The maximum absolute atomic E-state index is 9.91. The van der Waals surface area contributed by atoms with Gasteiger partial charge >= 0.3 is 0 Å². The van der Waals surface area contributed by atoms with Crippen LogP contribution in [0.1, 0.15) is 44.9 Å². The molecule has 1 heterocycles. The molecule has 3 aliphatic rings. The van der Waals surface area contributed by atoms with Crippen molar-refractivity contribution in [3.05, 3.63) is 0 Å². The fourth-order valence-electron chi connectivity index (χ4n) is 4.19. The Morgan fingerprint density at radius 2 is 2.15 bits per heavy atom. The topological polar surface area (TPSA) is 44.7 Å². The molecule has 0 aromatic rings. The third-order valence-corrected chi connectivity index (χ3v) is 5.45. The molecule has 0 amide bonds. The molecule has 2 N–H and O–H groups in total. The van der Waals surface area contributed by atoms with E-state index >= 15 is 0 Å². The third kappa shape index (κ3) is 3.35. The number of nitrogens with zero attached hydrogens (tertiary/aromatic N) is 1. The van der Waals surface area contributed by atoms with E-state index in [2.05, 4.69) is 10.2 Å². The van der Waals surface area contributed by atoms with Crippen LogP contribution in [0.5, 0.6) is 0 Å². The zero-order chi connectivity index (χ0) is 14.0. The zero-order valence-corrected chi connectivity index (χ0v) is 12.8. The number of methoxy groups -OCH3 is 1. The number of hydrogen-bond donors (Lipinski definition) is 2. The summed E-state index contributed by atoms with van der Waals surface area (Å²) in [6.07, 6.45) is 8.68. The monoisotopic (exact) mass is 282 g/mol. The SMILES string of the molecule is COCC1CCN(C2CCCC(CO)(NC3CC3)C2)C1. The second-order valence-corrected chi connectivity index (χ2v) is 7.21. The first kappa shape index (κ1) is 14.8. The van der Waals surface area contributed by atoms with Crippen molar-refractivity contribution in [2.24, 2.45) is 5.92 Å². The number of ether oxygens (including phenoxy) is 1. The van der Waals surface area contributed by atoms with Gasteiger partial charge in [-0.1, -0.05) is 0 Å². The van der Waals surface area contributed by atoms with Gasteiger partial charge in [-0.25, -0.2) is 0 Å². The summed E-state index contributed by atoms with van der Waals surface area (Å²) < 4.78 is 5.31. The van der Waals surface area contributed by atoms with Crippen LogP contribution < -0.4 is 5.32 Å². The highest BCUT2D eigenvalue weighted by Gasteiger charge is 2.42. The van der Waals surface area contributed by atoms with Crippen LogP contribution in [0.15, 0.2) is 0 Å². The predicted octanol–water partition coefficient (Wildman–Crippen LogP) is 1.38. The lowest BCUT2D eigenvalue weighted by Crippen LogP contribution is -2.56. The standard InChI is InChI=1S/C16H30N2O2/c1-20-11-13-6-8-18(10-13)15-3-2-7-16(9-15,12-19)17-14-4-5-14/h13-15,17,19H,2-12H2,1H3. The van der Waals surface area contributed by atoms with Gasteiger partial charge in [0.2, 0.25) is 0 Å². The van der Waals surface area contributed by atoms with Crippen molar-refractivity contribution in [2.75, 3.05) is 33.4 Å². The summed E-state index contributed by atoms with van der Waals surface area (Å²) >= 11 is 0. The Kier molecular flexibility index (Phi) is 4.65. The highest BCUT2D eigenvalue weighted by Crippen LogP contribution is 2.36. The van der Waals surface area contributed by atoms with Gasteiger partial charge in [-0.05, 0) is 57.4 Å². The number of aliphatic hydroxyl groups excluding tert-OH is 1. The van der Waals surface area contributed by atoms with Crippen LogP contribution >= 0.6 is 0 Å². The second-order valence-electron chi connectivity index (χ2n) is 7.21. The maximum Gasteiger partial charge on any atom is 0.0613 e. The fourth-order valence-corrected chi connectivity index (χ4v) is 4.19. The zero-order valence-electron chi connectivity index (χ0n) is 12.8. The van der Waals surface area contributed by atoms with E-state index in [9.17, 15) is 5.11 Å². The second kappa shape index (κ2) is 6.30. The van der Waals surface area contributed by atoms with Gasteiger partial charge in [-0.2, -0.15) is 0 Å². The quantitative estimate of drug-likeness (QED) is 0.772. The molecule has 3 rings (SSSR count). The molecule has 1 saturated heterocycles. The first-order valence-corrected chi connectivity index (χ1v) is 8.36. The van der Waals surface area contributed by atoms with Gasteiger partial charge in [-0.3, -0.25) is 4.90 Å². The van der Waals surface area contributed by atoms with E-state index in [0.29, 0.717) is 24.6 Å². The summed E-state index contributed by atoms with van der Waals surface area (Å²) in [5.41, 5.74) is 0.00340. The maximum atomic E-state index is 9.91. The van der Waals surface area contributed by atoms with Crippen molar-refractivity contribution in [2.45, 2.75) is 62.6 Å². The number of hydrogen-bond acceptors (Lipinski definition) is 4. The van der Waals surface area contributed by atoms with E-state index in [1.165, 1.54) is 45.2 Å². The lowest BCUT2D eigenvalue weighted by Gasteiger charge is -2.44. The molecule has 0 radical (unpaired) electrons. The minimum Gasteiger partial charge on any atom is -0.394 e. The molecule has 2 saturated carbocycles. The molecule has 4 nitrogen and oxygen atoms in total. The minimum atomic E-state index is 0.00340. The number of nitrogens with one attached hydrogen (secondary N) is 1. The van der Waals surface area contributed by atoms with Crippen LogP contribution in [0.3, 0.4) is 0 Å². The van der Waals surface area contributed by atoms with Crippen LogP contribution in [-0.2, 0) is 4.74 Å². The highest BCUT2D eigenvalue weighted by molar-refractivity contribution is 5.01. The van der Waals surface area contributed by atoms with E-state index in [1.807, 2.05) is 0 Å². The summed E-state index contributed by atoms with van der Waals surface area (Å²) in [4.78, 5) is 2.65. The summed E-state index contributed by atoms with van der Waals surface area (Å²) in [6.45, 7) is 3.59. The van der Waals surface area contributed by atoms with Crippen LogP contribution in [0, 0.1) is 5.92 Å². The number of aliphatic hydroxyl groups is 1. The Morgan fingerprint density at radius 3 is 2.85 bits per heavy atom. The molecule has 0 bridgehead atoms. The van der Waals surface area contributed by atoms with Crippen molar-refractivity contribution in [1.29, 1.82) is 0 Å². The molecule has 0 aromatic carbocycles. The van der Waals surface area contributed by atoms with Crippen molar-refractivity contribution < 1.29 is 9.84 Å². The van der Waals surface area contributed by atoms with Gasteiger partial charge in [0.15, 0.2) is 0 Å². The molecular weight excluding hydrogens is 252 g/mol. The Bertz CT molecular complexity index is 322. The van der Waals surface area contributed by atoms with Crippen molar-refractivity contribution >= 4 is 0 Å². The molecule has 0 aromatic heterocycles. The Hall–Kier alpha value is -0.160. The van der Waals surface area contributed by atoms with Gasteiger partial charge in [0.25, 0.3) is 0 Å².